The van der Waals surface area contributed by atoms with Crippen molar-refractivity contribution < 1.29 is 0 Å². The highest BCUT2D eigenvalue weighted by molar-refractivity contribution is 7.22. The zero-order valence-corrected chi connectivity index (χ0v) is 17.0. The zero-order valence-electron chi connectivity index (χ0n) is 14.7. The van der Waals surface area contributed by atoms with E-state index in [0.717, 1.165) is 38.0 Å². The second-order valence-corrected chi connectivity index (χ2v) is 7.99. The first kappa shape index (κ1) is 18.0. The Balaban J connectivity index is 1.61. The summed E-state index contributed by atoms with van der Waals surface area (Å²) in [5.74, 6) is 0. The Morgan fingerprint density at radius 3 is 2.74 bits per heavy atom. The van der Waals surface area contributed by atoms with Crippen molar-refractivity contribution in [1.82, 2.24) is 9.55 Å². The molecule has 4 rings (SSSR count). The highest BCUT2D eigenvalue weighted by Crippen LogP contribution is 2.29. The molecular weight excluding hydrogens is 399 g/mol. The van der Waals surface area contributed by atoms with Crippen molar-refractivity contribution in [2.45, 2.75) is 13.8 Å². The van der Waals surface area contributed by atoms with Crippen LogP contribution in [0.1, 0.15) is 17.0 Å². The largest absolute Gasteiger partial charge is 0.316 e. The lowest BCUT2D eigenvalue weighted by Gasteiger charge is -2.12. The number of para-hydroxylation sites is 1. The number of thiazole rings is 1. The van der Waals surface area contributed by atoms with Gasteiger partial charge in [0.15, 0.2) is 0 Å². The summed E-state index contributed by atoms with van der Waals surface area (Å²) in [6.45, 7) is 4.06. The van der Waals surface area contributed by atoms with Crippen molar-refractivity contribution in [3.63, 3.8) is 0 Å². The molecule has 0 saturated heterocycles. The van der Waals surface area contributed by atoms with Crippen LogP contribution in [0.3, 0.4) is 0 Å². The topological polar surface area (TPSA) is 42.2 Å². The number of aryl methyl sites for hydroxylation is 1. The van der Waals surface area contributed by atoms with Crippen LogP contribution in [0.2, 0.25) is 10.0 Å². The van der Waals surface area contributed by atoms with Gasteiger partial charge in [0.05, 0.1) is 27.1 Å². The molecule has 0 fully saturated rings. The molecule has 0 bridgehead atoms. The van der Waals surface area contributed by atoms with Gasteiger partial charge in [-0.2, -0.15) is 5.10 Å². The summed E-state index contributed by atoms with van der Waals surface area (Å²) in [6.07, 6.45) is 1.79. The first-order valence-electron chi connectivity index (χ1n) is 8.32. The van der Waals surface area contributed by atoms with E-state index >= 15 is 0 Å². The van der Waals surface area contributed by atoms with Crippen molar-refractivity contribution in [2.75, 3.05) is 5.43 Å². The molecule has 0 aliphatic rings. The summed E-state index contributed by atoms with van der Waals surface area (Å²) in [4.78, 5) is 4.51. The van der Waals surface area contributed by atoms with Crippen LogP contribution in [-0.4, -0.2) is 15.8 Å². The van der Waals surface area contributed by atoms with Crippen LogP contribution < -0.4 is 5.43 Å². The number of halogens is 2. The van der Waals surface area contributed by atoms with E-state index in [1.807, 2.05) is 44.2 Å². The standard InChI is InChI=1S/C20H16Cl2N4S/c1-12-9-14(13(2)26(12)18-10-15(21)7-8-16(18)22)11-23-25-20-24-17-5-3-4-6-19(17)27-20/h3-11H,1-2H3,(H,24,25)/b23-11-. The van der Waals surface area contributed by atoms with Crippen LogP contribution >= 0.6 is 34.5 Å². The number of hydrazone groups is 1. The average Bonchev–Trinajstić information content (AvgIpc) is 3.18. The maximum atomic E-state index is 6.37. The molecule has 0 aliphatic carbocycles. The second-order valence-electron chi connectivity index (χ2n) is 6.11. The van der Waals surface area contributed by atoms with E-state index in [4.69, 9.17) is 23.2 Å². The van der Waals surface area contributed by atoms with E-state index in [0.29, 0.717) is 10.0 Å². The predicted octanol–water partition coefficient (Wildman–Crippen LogP) is 6.46. The highest BCUT2D eigenvalue weighted by atomic mass is 35.5. The number of nitrogens with one attached hydrogen (secondary N) is 1. The number of rotatable bonds is 4. The number of fused-ring (bicyclic) bond motifs is 1. The van der Waals surface area contributed by atoms with Crippen LogP contribution in [0.4, 0.5) is 5.13 Å². The van der Waals surface area contributed by atoms with E-state index < -0.39 is 0 Å². The van der Waals surface area contributed by atoms with Gasteiger partial charge in [0, 0.05) is 22.0 Å². The number of benzene rings is 2. The van der Waals surface area contributed by atoms with Crippen LogP contribution in [0.15, 0.2) is 53.6 Å². The molecule has 4 nitrogen and oxygen atoms in total. The maximum Gasteiger partial charge on any atom is 0.204 e. The number of anilines is 1. The SMILES string of the molecule is Cc1cc(/C=N\Nc2nc3ccccc3s2)c(C)n1-c1cc(Cl)ccc1Cl. The maximum absolute atomic E-state index is 6.37. The third-order valence-electron chi connectivity index (χ3n) is 4.28. The van der Waals surface area contributed by atoms with Gasteiger partial charge in [0.2, 0.25) is 5.13 Å². The van der Waals surface area contributed by atoms with Gasteiger partial charge in [0.25, 0.3) is 0 Å². The molecule has 0 radical (unpaired) electrons. The molecular formula is C20H16Cl2N4S. The summed E-state index contributed by atoms with van der Waals surface area (Å²) >= 11 is 14.1. The van der Waals surface area contributed by atoms with Gasteiger partial charge in [-0.05, 0) is 50.2 Å². The minimum absolute atomic E-state index is 0.648. The van der Waals surface area contributed by atoms with Crippen LogP contribution in [0, 0.1) is 13.8 Å². The third kappa shape index (κ3) is 3.58. The average molecular weight is 415 g/mol. The molecule has 7 heteroatoms. The first-order chi connectivity index (χ1) is 13.0. The molecule has 0 spiro atoms. The Labute approximate surface area is 171 Å². The lowest BCUT2D eigenvalue weighted by molar-refractivity contribution is 0.965. The summed E-state index contributed by atoms with van der Waals surface area (Å²) in [7, 11) is 0. The van der Waals surface area contributed by atoms with Gasteiger partial charge in [-0.1, -0.05) is 46.7 Å². The molecule has 136 valence electrons. The fourth-order valence-electron chi connectivity index (χ4n) is 3.02. The molecule has 0 amide bonds. The predicted molar refractivity (Wildman–Crippen MR) is 116 cm³/mol. The van der Waals surface area contributed by atoms with Gasteiger partial charge in [-0.15, -0.1) is 0 Å². The summed E-state index contributed by atoms with van der Waals surface area (Å²) in [5, 5.41) is 6.42. The van der Waals surface area contributed by atoms with Crippen molar-refractivity contribution in [2.24, 2.45) is 5.10 Å². The first-order valence-corrected chi connectivity index (χ1v) is 9.89. The minimum Gasteiger partial charge on any atom is -0.316 e. The molecule has 2 aromatic carbocycles. The molecule has 0 unspecified atom stereocenters. The number of nitrogens with zero attached hydrogens (tertiary/aromatic N) is 3. The molecule has 0 atom stereocenters. The minimum atomic E-state index is 0.648. The van der Waals surface area contributed by atoms with Crippen molar-refractivity contribution in [3.8, 4) is 5.69 Å². The lowest BCUT2D eigenvalue weighted by Crippen LogP contribution is -2.00. The summed E-state index contributed by atoms with van der Waals surface area (Å²) in [6, 6.07) is 15.5. The lowest BCUT2D eigenvalue weighted by atomic mass is 10.2. The van der Waals surface area contributed by atoms with E-state index in [-0.39, 0.29) is 0 Å². The van der Waals surface area contributed by atoms with E-state index in [1.54, 1.807) is 29.7 Å². The van der Waals surface area contributed by atoms with Gasteiger partial charge in [-0.25, -0.2) is 4.98 Å². The molecule has 1 N–H and O–H groups in total. The molecule has 0 saturated carbocycles. The monoisotopic (exact) mass is 414 g/mol. The summed E-state index contributed by atoms with van der Waals surface area (Å²) in [5.41, 5.74) is 7.93. The fourth-order valence-corrected chi connectivity index (χ4v) is 4.21. The Kier molecular flexibility index (Phi) is 4.91. The Morgan fingerprint density at radius 1 is 1.11 bits per heavy atom. The van der Waals surface area contributed by atoms with Gasteiger partial charge < -0.3 is 4.57 Å². The Bertz CT molecular complexity index is 1130. The van der Waals surface area contributed by atoms with Gasteiger partial charge in [-0.3, -0.25) is 5.43 Å². The van der Waals surface area contributed by atoms with Crippen LogP contribution in [-0.2, 0) is 0 Å². The molecule has 27 heavy (non-hydrogen) atoms. The van der Waals surface area contributed by atoms with E-state index in [1.165, 1.54) is 0 Å². The van der Waals surface area contributed by atoms with Gasteiger partial charge in [0.1, 0.15) is 0 Å². The van der Waals surface area contributed by atoms with Gasteiger partial charge >= 0.3 is 0 Å². The van der Waals surface area contributed by atoms with Crippen molar-refractivity contribution in [3.05, 3.63) is 75.5 Å². The van der Waals surface area contributed by atoms with Crippen molar-refractivity contribution in [1.29, 1.82) is 0 Å². The van der Waals surface area contributed by atoms with Crippen molar-refractivity contribution >= 4 is 56.1 Å². The quantitative estimate of drug-likeness (QED) is 0.307. The Hall–Kier alpha value is -2.34. The molecule has 2 heterocycles. The van der Waals surface area contributed by atoms with E-state index in [9.17, 15) is 0 Å². The molecule has 4 aromatic rings. The fraction of sp³-hybridized carbons (Fsp3) is 0.100. The number of hydrogen-bond donors (Lipinski definition) is 1. The van der Waals surface area contributed by atoms with Crippen LogP contribution in [0.25, 0.3) is 15.9 Å². The van der Waals surface area contributed by atoms with E-state index in [2.05, 4.69) is 26.1 Å². The zero-order chi connectivity index (χ0) is 19.0. The molecule has 0 aliphatic heterocycles. The normalized spacial score (nSPS) is 11.6. The number of hydrogen-bond acceptors (Lipinski definition) is 4. The second kappa shape index (κ2) is 7.35. The summed E-state index contributed by atoms with van der Waals surface area (Å²) < 4.78 is 3.21. The van der Waals surface area contributed by atoms with Crippen LogP contribution in [0.5, 0.6) is 0 Å². The highest BCUT2D eigenvalue weighted by Gasteiger charge is 2.12. The third-order valence-corrected chi connectivity index (χ3v) is 5.77. The Morgan fingerprint density at radius 2 is 1.93 bits per heavy atom. The number of aromatic nitrogens is 2. The smallest absolute Gasteiger partial charge is 0.204 e. The molecule has 2 aromatic heterocycles.